The monoisotopic (exact) mass is 641 g/mol. The highest BCUT2D eigenvalue weighted by Crippen LogP contribution is 2.44. The topological polar surface area (TPSA) is 101 Å². The van der Waals surface area contributed by atoms with Gasteiger partial charge in [-0.05, 0) is 36.6 Å². The molecular weight excluding hydrogens is 626 g/mol. The van der Waals surface area contributed by atoms with Crippen molar-refractivity contribution in [3.63, 3.8) is 0 Å². The van der Waals surface area contributed by atoms with Crippen LogP contribution in [0, 0.1) is 22.0 Å². The second-order valence-corrected chi connectivity index (χ2v) is 11.2. The van der Waals surface area contributed by atoms with E-state index in [1.807, 2.05) is 0 Å². The van der Waals surface area contributed by atoms with Gasteiger partial charge in [0.05, 0.1) is 23.3 Å². The molecule has 1 saturated carbocycles. The average molecular weight is 644 g/mol. The molecule has 8 nitrogen and oxygen atoms in total. The molecule has 0 bridgehead atoms. The Morgan fingerprint density at radius 2 is 1.55 bits per heavy atom. The first-order valence-electron chi connectivity index (χ1n) is 10.1. The molecule has 4 atom stereocenters. The van der Waals surface area contributed by atoms with Crippen molar-refractivity contribution in [1.29, 1.82) is 0 Å². The molecule has 3 amide bonds. The van der Waals surface area contributed by atoms with Gasteiger partial charge in [0.2, 0.25) is 0 Å². The van der Waals surface area contributed by atoms with Crippen LogP contribution in [0.3, 0.4) is 0 Å². The molecule has 1 aliphatic heterocycles. The molecule has 4 rings (SSSR count). The lowest BCUT2D eigenvalue weighted by Crippen LogP contribution is -2.50. The summed E-state index contributed by atoms with van der Waals surface area (Å²) < 4.78 is 0.828. The van der Waals surface area contributed by atoms with Crippen molar-refractivity contribution in [1.82, 2.24) is 10.0 Å². The highest BCUT2D eigenvalue weighted by molar-refractivity contribution is 9.12. The van der Waals surface area contributed by atoms with Crippen molar-refractivity contribution in [2.75, 3.05) is 0 Å². The minimum absolute atomic E-state index is 0.0151. The van der Waals surface area contributed by atoms with Crippen LogP contribution in [0.2, 0.25) is 0 Å². The van der Waals surface area contributed by atoms with Crippen molar-refractivity contribution in [3.8, 4) is 0 Å². The summed E-state index contributed by atoms with van der Waals surface area (Å²) in [6.45, 7) is -0.0927. The molecule has 0 aromatic heterocycles. The van der Waals surface area contributed by atoms with Crippen molar-refractivity contribution >= 4 is 71.2 Å². The van der Waals surface area contributed by atoms with E-state index in [1.165, 1.54) is 24.3 Å². The molecule has 2 aromatic carbocycles. The first-order chi connectivity index (χ1) is 15.7. The van der Waals surface area contributed by atoms with Crippen molar-refractivity contribution in [3.05, 3.63) is 74.2 Å². The summed E-state index contributed by atoms with van der Waals surface area (Å²) in [5.74, 6) is -2.81. The number of carbonyl (C=O) groups is 3. The van der Waals surface area contributed by atoms with Gasteiger partial charge in [0, 0.05) is 20.2 Å². The van der Waals surface area contributed by atoms with Crippen LogP contribution >= 0.6 is 47.8 Å². The number of imide groups is 1. The summed E-state index contributed by atoms with van der Waals surface area (Å²) in [6, 6.07) is 12.6. The number of benzene rings is 2. The van der Waals surface area contributed by atoms with Crippen LogP contribution in [-0.4, -0.2) is 42.3 Å². The van der Waals surface area contributed by atoms with Gasteiger partial charge < -0.3 is 0 Å². The fourth-order valence-corrected chi connectivity index (χ4v) is 5.77. The molecule has 2 aliphatic rings. The zero-order valence-electron chi connectivity index (χ0n) is 17.1. The lowest BCUT2D eigenvalue weighted by atomic mass is 9.81. The first kappa shape index (κ1) is 24.0. The fourth-order valence-electron chi connectivity index (χ4n) is 4.26. The molecule has 0 N–H and O–H groups in total. The van der Waals surface area contributed by atoms with Gasteiger partial charge in [0.1, 0.15) is 5.56 Å². The number of halogens is 3. The second-order valence-electron chi connectivity index (χ2n) is 7.97. The minimum atomic E-state index is -0.781. The van der Waals surface area contributed by atoms with E-state index in [2.05, 4.69) is 47.8 Å². The highest BCUT2D eigenvalue weighted by Gasteiger charge is 2.54. The first-order valence-corrected chi connectivity index (χ1v) is 12.8. The molecule has 1 saturated heterocycles. The zero-order chi connectivity index (χ0) is 23.9. The van der Waals surface area contributed by atoms with E-state index >= 15 is 0 Å². The number of rotatable bonds is 5. The summed E-state index contributed by atoms with van der Waals surface area (Å²) in [7, 11) is 0. The third kappa shape index (κ3) is 4.63. The third-order valence-electron chi connectivity index (χ3n) is 5.94. The average Bonchev–Trinajstić information content (AvgIpc) is 3.02. The predicted octanol–water partition coefficient (Wildman–Crippen LogP) is 4.84. The van der Waals surface area contributed by atoms with E-state index < -0.39 is 34.5 Å². The number of hydrazine groups is 1. The Bertz CT molecular complexity index is 1100. The van der Waals surface area contributed by atoms with Gasteiger partial charge in [-0.25, -0.2) is 5.01 Å². The number of nitrogens with zero attached hydrogens (tertiary/aromatic N) is 3. The Kier molecular flexibility index (Phi) is 7.01. The standard InChI is InChI=1S/C22H18Br3N3O5/c23-13-7-5-12(6-8-13)11-26(20(29)14-3-1-2-4-19(14)28(32)33)27-21(30)15-9-17(24)18(25)10-16(15)22(27)31/h1-8,15-18H,9-11H2/t15-,16+,17+,18-. The molecule has 172 valence electrons. The van der Waals surface area contributed by atoms with E-state index in [9.17, 15) is 24.5 Å². The molecule has 0 radical (unpaired) electrons. The number of carbonyl (C=O) groups excluding carboxylic acids is 3. The second kappa shape index (κ2) is 9.63. The maximum Gasteiger partial charge on any atom is 0.282 e. The lowest BCUT2D eigenvalue weighted by Gasteiger charge is -2.30. The molecule has 0 unspecified atom stereocenters. The molecule has 1 aliphatic carbocycles. The van der Waals surface area contributed by atoms with Crippen molar-refractivity contribution in [2.24, 2.45) is 11.8 Å². The number of para-hydroxylation sites is 1. The van der Waals surface area contributed by atoms with Gasteiger partial charge in [0.25, 0.3) is 23.4 Å². The Labute approximate surface area is 214 Å². The number of hydrogen-bond acceptors (Lipinski definition) is 5. The molecule has 11 heteroatoms. The summed E-state index contributed by atoms with van der Waals surface area (Å²) in [6.07, 6.45) is 0.904. The van der Waals surface area contributed by atoms with Gasteiger partial charge in [0.15, 0.2) is 0 Å². The number of hydrogen-bond donors (Lipinski definition) is 0. The zero-order valence-corrected chi connectivity index (χ0v) is 21.8. The molecule has 2 aromatic rings. The Morgan fingerprint density at radius 1 is 1.00 bits per heavy atom. The summed E-state index contributed by atoms with van der Waals surface area (Å²) in [5, 5.41) is 13.5. The predicted molar refractivity (Wildman–Crippen MR) is 131 cm³/mol. The van der Waals surface area contributed by atoms with Crippen LogP contribution in [0.5, 0.6) is 0 Å². The van der Waals surface area contributed by atoms with Crippen molar-refractivity contribution in [2.45, 2.75) is 29.0 Å². The van der Waals surface area contributed by atoms with E-state index in [-0.39, 0.29) is 27.4 Å². The van der Waals surface area contributed by atoms with Crippen molar-refractivity contribution < 1.29 is 19.3 Å². The maximum atomic E-state index is 13.6. The highest BCUT2D eigenvalue weighted by atomic mass is 79.9. The van der Waals surface area contributed by atoms with E-state index in [4.69, 9.17) is 0 Å². The SMILES string of the molecule is O=C(c1ccccc1[N+](=O)[O-])N(Cc1ccc(Br)cc1)N1C(=O)[C@H]2C[C@@H](Br)[C@@H](Br)C[C@H]2C1=O. The number of nitro groups is 1. The molecule has 1 heterocycles. The van der Waals surface area contributed by atoms with Gasteiger partial charge in [-0.15, -0.1) is 0 Å². The summed E-state index contributed by atoms with van der Waals surface area (Å²) in [4.78, 5) is 51.3. The number of fused-ring (bicyclic) bond motifs is 1. The molecule has 33 heavy (non-hydrogen) atoms. The van der Waals surface area contributed by atoms with Crippen LogP contribution in [0.15, 0.2) is 53.0 Å². The van der Waals surface area contributed by atoms with E-state index in [0.29, 0.717) is 18.4 Å². The fraction of sp³-hybridized carbons (Fsp3) is 0.318. The van der Waals surface area contributed by atoms with Gasteiger partial charge >= 0.3 is 0 Å². The van der Waals surface area contributed by atoms with Crippen LogP contribution < -0.4 is 0 Å². The third-order valence-corrected chi connectivity index (χ3v) is 9.20. The molecular formula is C22H18Br3N3O5. The van der Waals surface area contributed by atoms with Crippen LogP contribution in [0.4, 0.5) is 5.69 Å². The smallest absolute Gasteiger partial charge is 0.272 e. The normalized spacial score (nSPS) is 24.5. The Balaban J connectivity index is 1.76. The van der Waals surface area contributed by atoms with E-state index in [1.54, 1.807) is 24.3 Å². The minimum Gasteiger partial charge on any atom is -0.272 e. The summed E-state index contributed by atoms with van der Waals surface area (Å²) >= 11 is 10.5. The quantitative estimate of drug-likeness (QED) is 0.201. The van der Waals surface area contributed by atoms with Gasteiger partial charge in [-0.2, -0.15) is 5.01 Å². The van der Waals surface area contributed by atoms with Crippen LogP contribution in [0.1, 0.15) is 28.8 Å². The number of nitro benzene ring substituents is 1. The maximum absolute atomic E-state index is 13.6. The number of alkyl halides is 2. The van der Waals surface area contributed by atoms with Crippen LogP contribution in [-0.2, 0) is 16.1 Å². The van der Waals surface area contributed by atoms with E-state index in [0.717, 1.165) is 14.5 Å². The summed E-state index contributed by atoms with van der Waals surface area (Å²) in [5.41, 5.74) is 0.0880. The molecule has 2 fully saturated rings. The largest absolute Gasteiger partial charge is 0.282 e. The Morgan fingerprint density at radius 3 is 2.09 bits per heavy atom. The number of amides is 3. The van der Waals surface area contributed by atoms with Gasteiger partial charge in [-0.1, -0.05) is 72.1 Å². The van der Waals surface area contributed by atoms with Crippen LogP contribution in [0.25, 0.3) is 0 Å². The Hall–Kier alpha value is -2.11. The molecule has 0 spiro atoms. The van der Waals surface area contributed by atoms with Gasteiger partial charge in [-0.3, -0.25) is 24.5 Å². The lowest BCUT2D eigenvalue weighted by molar-refractivity contribution is -0.385.